The van der Waals surface area contributed by atoms with Gasteiger partial charge in [-0.25, -0.2) is 17.7 Å². The minimum atomic E-state index is -3.58. The molecule has 0 aliphatic heterocycles. The van der Waals surface area contributed by atoms with E-state index >= 15 is 0 Å². The summed E-state index contributed by atoms with van der Waals surface area (Å²) in [5.74, 6) is 0. The SMILES string of the molecule is CN(CCCO)S(=O)(=O)c1ccc2ccnc(Cl)c2c1. The third-order valence-electron chi connectivity index (χ3n) is 3.03. The lowest BCUT2D eigenvalue weighted by Gasteiger charge is -2.17. The van der Waals surface area contributed by atoms with Crippen molar-refractivity contribution in [1.82, 2.24) is 9.29 Å². The molecule has 108 valence electrons. The van der Waals surface area contributed by atoms with Gasteiger partial charge in [0.05, 0.1) is 4.90 Å². The second-order valence-electron chi connectivity index (χ2n) is 4.39. The van der Waals surface area contributed by atoms with Crippen LogP contribution in [0.15, 0.2) is 35.4 Å². The second kappa shape index (κ2) is 6.05. The van der Waals surface area contributed by atoms with E-state index in [-0.39, 0.29) is 23.2 Å². The van der Waals surface area contributed by atoms with Crippen LogP contribution in [0.2, 0.25) is 5.15 Å². The van der Waals surface area contributed by atoms with E-state index in [4.69, 9.17) is 16.7 Å². The zero-order valence-electron chi connectivity index (χ0n) is 11.0. The summed E-state index contributed by atoms with van der Waals surface area (Å²) >= 11 is 5.99. The number of fused-ring (bicyclic) bond motifs is 1. The molecule has 2 aromatic rings. The van der Waals surface area contributed by atoms with Gasteiger partial charge in [-0.05, 0) is 30.0 Å². The van der Waals surface area contributed by atoms with E-state index in [9.17, 15) is 8.42 Å². The molecule has 5 nitrogen and oxygen atoms in total. The number of nitrogens with zero attached hydrogens (tertiary/aromatic N) is 2. The van der Waals surface area contributed by atoms with E-state index in [1.54, 1.807) is 24.4 Å². The number of aliphatic hydroxyl groups excluding tert-OH is 1. The van der Waals surface area contributed by atoms with Crippen molar-refractivity contribution in [2.24, 2.45) is 0 Å². The molecule has 2 rings (SSSR count). The smallest absolute Gasteiger partial charge is 0.242 e. The van der Waals surface area contributed by atoms with Crippen LogP contribution in [0.25, 0.3) is 10.8 Å². The normalized spacial score (nSPS) is 12.2. The third kappa shape index (κ3) is 2.93. The molecule has 0 saturated heterocycles. The Bertz CT molecular complexity index is 719. The average molecular weight is 315 g/mol. The summed E-state index contributed by atoms with van der Waals surface area (Å²) in [4.78, 5) is 4.12. The highest BCUT2D eigenvalue weighted by Crippen LogP contribution is 2.25. The van der Waals surface area contributed by atoms with Crippen LogP contribution in [-0.4, -0.2) is 43.0 Å². The molecule has 0 unspecified atom stereocenters. The van der Waals surface area contributed by atoms with Crippen LogP contribution in [0.1, 0.15) is 6.42 Å². The maximum Gasteiger partial charge on any atom is 0.242 e. The second-order valence-corrected chi connectivity index (χ2v) is 6.79. The van der Waals surface area contributed by atoms with Gasteiger partial charge in [0, 0.05) is 31.8 Å². The van der Waals surface area contributed by atoms with Gasteiger partial charge in [-0.15, -0.1) is 0 Å². The highest BCUT2D eigenvalue weighted by molar-refractivity contribution is 7.89. The number of hydrogen-bond donors (Lipinski definition) is 1. The highest BCUT2D eigenvalue weighted by Gasteiger charge is 2.20. The first kappa shape index (κ1) is 15.2. The molecule has 0 radical (unpaired) electrons. The highest BCUT2D eigenvalue weighted by atomic mass is 35.5. The monoisotopic (exact) mass is 314 g/mol. The molecule has 0 bridgehead atoms. The molecular formula is C13H15ClN2O3S. The largest absolute Gasteiger partial charge is 0.396 e. The lowest BCUT2D eigenvalue weighted by Crippen LogP contribution is -2.28. The van der Waals surface area contributed by atoms with Gasteiger partial charge in [-0.1, -0.05) is 17.7 Å². The van der Waals surface area contributed by atoms with Gasteiger partial charge in [0.15, 0.2) is 0 Å². The van der Waals surface area contributed by atoms with Crippen LogP contribution >= 0.6 is 11.6 Å². The maximum atomic E-state index is 12.4. The molecule has 7 heteroatoms. The van der Waals surface area contributed by atoms with E-state index in [0.717, 1.165) is 5.39 Å². The zero-order chi connectivity index (χ0) is 14.8. The van der Waals surface area contributed by atoms with Crippen molar-refractivity contribution >= 4 is 32.4 Å². The Morgan fingerprint density at radius 1 is 1.35 bits per heavy atom. The molecule has 0 amide bonds. The summed E-state index contributed by atoms with van der Waals surface area (Å²) in [6.07, 6.45) is 1.97. The van der Waals surface area contributed by atoms with Crippen LogP contribution < -0.4 is 0 Å². The van der Waals surface area contributed by atoms with E-state index in [1.165, 1.54) is 17.4 Å². The number of pyridine rings is 1. The fourth-order valence-corrected chi connectivity index (χ4v) is 3.32. The molecule has 1 aromatic carbocycles. The Morgan fingerprint density at radius 2 is 2.10 bits per heavy atom. The van der Waals surface area contributed by atoms with E-state index < -0.39 is 10.0 Å². The molecule has 0 spiro atoms. The molecule has 1 heterocycles. The average Bonchev–Trinajstić information content (AvgIpc) is 2.44. The molecule has 1 aromatic heterocycles. The summed E-state index contributed by atoms with van der Waals surface area (Å²) in [6, 6.07) is 6.54. The maximum absolute atomic E-state index is 12.4. The lowest BCUT2D eigenvalue weighted by atomic mass is 10.2. The Kier molecular flexibility index (Phi) is 4.59. The number of hydrogen-bond acceptors (Lipinski definition) is 4. The fraction of sp³-hybridized carbons (Fsp3) is 0.308. The van der Waals surface area contributed by atoms with Crippen molar-refractivity contribution in [1.29, 1.82) is 0 Å². The molecule has 0 aliphatic rings. The lowest BCUT2D eigenvalue weighted by molar-refractivity contribution is 0.275. The predicted molar refractivity (Wildman–Crippen MR) is 78.3 cm³/mol. The van der Waals surface area contributed by atoms with Gasteiger partial charge in [0.1, 0.15) is 5.15 Å². The van der Waals surface area contributed by atoms with Crippen LogP contribution in [-0.2, 0) is 10.0 Å². The number of benzene rings is 1. The first-order valence-electron chi connectivity index (χ1n) is 6.08. The Balaban J connectivity index is 2.44. The summed E-state index contributed by atoms with van der Waals surface area (Å²) < 4.78 is 26.0. The number of rotatable bonds is 5. The van der Waals surface area contributed by atoms with E-state index in [0.29, 0.717) is 11.8 Å². The number of aromatic nitrogens is 1. The van der Waals surface area contributed by atoms with Crippen molar-refractivity contribution < 1.29 is 13.5 Å². The van der Waals surface area contributed by atoms with Crippen LogP contribution in [0.5, 0.6) is 0 Å². The fourth-order valence-electron chi connectivity index (χ4n) is 1.87. The van der Waals surface area contributed by atoms with Crippen LogP contribution in [0, 0.1) is 0 Å². The molecule has 20 heavy (non-hydrogen) atoms. The standard InChI is InChI=1S/C13H15ClN2O3S/c1-16(7-2-8-17)20(18,19)11-4-3-10-5-6-15-13(14)12(10)9-11/h3-6,9,17H,2,7-8H2,1H3. The summed E-state index contributed by atoms with van der Waals surface area (Å²) in [7, 11) is -2.10. The number of aliphatic hydroxyl groups is 1. The molecule has 0 saturated carbocycles. The van der Waals surface area contributed by atoms with E-state index in [1.807, 2.05) is 0 Å². The van der Waals surface area contributed by atoms with Crippen molar-refractivity contribution in [3.63, 3.8) is 0 Å². The first-order chi connectivity index (χ1) is 9.46. The van der Waals surface area contributed by atoms with Crippen molar-refractivity contribution in [3.8, 4) is 0 Å². The predicted octanol–water partition coefficient (Wildman–Crippen LogP) is 1.89. The van der Waals surface area contributed by atoms with Gasteiger partial charge in [0.25, 0.3) is 0 Å². The number of sulfonamides is 1. The van der Waals surface area contributed by atoms with E-state index in [2.05, 4.69) is 4.98 Å². The minimum Gasteiger partial charge on any atom is -0.396 e. The Morgan fingerprint density at radius 3 is 2.80 bits per heavy atom. The third-order valence-corrected chi connectivity index (χ3v) is 5.18. The summed E-state index contributed by atoms with van der Waals surface area (Å²) in [5, 5.41) is 10.5. The van der Waals surface area contributed by atoms with Crippen molar-refractivity contribution in [2.45, 2.75) is 11.3 Å². The quantitative estimate of drug-likeness (QED) is 0.856. The van der Waals surface area contributed by atoms with Gasteiger partial charge in [-0.2, -0.15) is 0 Å². The number of halogens is 1. The molecular weight excluding hydrogens is 300 g/mol. The zero-order valence-corrected chi connectivity index (χ0v) is 12.5. The minimum absolute atomic E-state index is 0.0483. The van der Waals surface area contributed by atoms with Gasteiger partial charge in [-0.3, -0.25) is 0 Å². The van der Waals surface area contributed by atoms with Gasteiger partial charge in [0.2, 0.25) is 10.0 Å². The van der Waals surface area contributed by atoms with Crippen LogP contribution in [0.4, 0.5) is 0 Å². The van der Waals surface area contributed by atoms with Crippen LogP contribution in [0.3, 0.4) is 0 Å². The van der Waals surface area contributed by atoms with Gasteiger partial charge < -0.3 is 5.11 Å². The molecule has 0 atom stereocenters. The summed E-state index contributed by atoms with van der Waals surface area (Å²) in [5.41, 5.74) is 0. The molecule has 0 aliphatic carbocycles. The molecule has 1 N–H and O–H groups in total. The molecule has 0 fully saturated rings. The Labute approximate surface area is 122 Å². The summed E-state index contributed by atoms with van der Waals surface area (Å²) in [6.45, 7) is 0.213. The van der Waals surface area contributed by atoms with Gasteiger partial charge >= 0.3 is 0 Å². The Hall–Kier alpha value is -1.21. The topological polar surface area (TPSA) is 70.5 Å². The van der Waals surface area contributed by atoms with Crippen molar-refractivity contribution in [2.75, 3.05) is 20.2 Å². The first-order valence-corrected chi connectivity index (χ1v) is 7.90. The van der Waals surface area contributed by atoms with Crippen molar-refractivity contribution in [3.05, 3.63) is 35.6 Å².